The lowest BCUT2D eigenvalue weighted by atomic mass is 10.0. The van der Waals surface area contributed by atoms with Crippen molar-refractivity contribution in [1.82, 2.24) is 0 Å². The molecule has 4 nitrogen and oxygen atoms in total. The first-order chi connectivity index (χ1) is 13.1. The smallest absolute Gasteiger partial charge is 0.336 e. The van der Waals surface area contributed by atoms with Crippen LogP contribution in [0.1, 0.15) is 37.0 Å². The van der Waals surface area contributed by atoms with Crippen LogP contribution in [0.25, 0.3) is 11.0 Å². The number of anilines is 1. The summed E-state index contributed by atoms with van der Waals surface area (Å²) in [6.07, 6.45) is 2.69. The van der Waals surface area contributed by atoms with Crippen LogP contribution in [-0.4, -0.2) is 6.73 Å². The molecule has 0 aliphatic carbocycles. The van der Waals surface area contributed by atoms with E-state index in [0.29, 0.717) is 29.6 Å². The molecule has 0 unspecified atom stereocenters. The number of aryl methyl sites for hydroxylation is 2. The Morgan fingerprint density at radius 1 is 1.15 bits per heavy atom. The van der Waals surface area contributed by atoms with Gasteiger partial charge in [-0.2, -0.15) is 0 Å². The fourth-order valence-corrected chi connectivity index (χ4v) is 4.08. The summed E-state index contributed by atoms with van der Waals surface area (Å²) < 4.78 is 11.6. The molecule has 0 bridgehead atoms. The van der Waals surface area contributed by atoms with E-state index in [1.54, 1.807) is 6.07 Å². The predicted molar refractivity (Wildman–Crippen MR) is 109 cm³/mol. The van der Waals surface area contributed by atoms with Crippen LogP contribution in [-0.2, 0) is 19.4 Å². The topological polar surface area (TPSA) is 42.7 Å². The van der Waals surface area contributed by atoms with Gasteiger partial charge in [-0.25, -0.2) is 4.79 Å². The third-order valence-corrected chi connectivity index (χ3v) is 5.35. The summed E-state index contributed by atoms with van der Waals surface area (Å²) in [5.74, 6) is 0.617. The molecule has 1 aliphatic heterocycles. The van der Waals surface area contributed by atoms with Gasteiger partial charge in [-0.3, -0.25) is 0 Å². The lowest BCUT2D eigenvalue weighted by molar-refractivity contribution is 0.289. The molecular weight excluding hydrogens is 362 g/mol. The zero-order chi connectivity index (χ0) is 19.0. The van der Waals surface area contributed by atoms with E-state index in [1.165, 1.54) is 5.56 Å². The fourth-order valence-electron chi connectivity index (χ4n) is 3.80. The SMILES string of the molecule is CCCc1cc(=O)oc2c3c(c(Cl)cc12)OCN(c1ccccc1CC)C3. The monoisotopic (exact) mass is 383 g/mol. The van der Waals surface area contributed by atoms with Gasteiger partial charge < -0.3 is 14.1 Å². The second kappa shape index (κ2) is 7.28. The van der Waals surface area contributed by atoms with E-state index in [0.717, 1.165) is 41.5 Å². The van der Waals surface area contributed by atoms with Crippen molar-refractivity contribution in [2.45, 2.75) is 39.7 Å². The summed E-state index contributed by atoms with van der Waals surface area (Å²) in [5.41, 5.74) is 4.45. The van der Waals surface area contributed by atoms with Gasteiger partial charge in [0.05, 0.1) is 17.1 Å². The quantitative estimate of drug-likeness (QED) is 0.572. The zero-order valence-corrected chi connectivity index (χ0v) is 16.3. The minimum Gasteiger partial charge on any atom is -0.471 e. The summed E-state index contributed by atoms with van der Waals surface area (Å²) in [6.45, 7) is 5.23. The molecule has 5 heteroatoms. The molecule has 0 N–H and O–H groups in total. The van der Waals surface area contributed by atoms with Crippen LogP contribution in [0.4, 0.5) is 5.69 Å². The van der Waals surface area contributed by atoms with E-state index in [9.17, 15) is 4.79 Å². The molecule has 0 saturated carbocycles. The normalized spacial score (nSPS) is 13.5. The number of benzene rings is 2. The average molecular weight is 384 g/mol. The van der Waals surface area contributed by atoms with Crippen molar-refractivity contribution >= 4 is 28.3 Å². The van der Waals surface area contributed by atoms with Crippen molar-refractivity contribution in [3.05, 3.63) is 68.5 Å². The Kier molecular flexibility index (Phi) is 4.83. The van der Waals surface area contributed by atoms with Gasteiger partial charge in [0.2, 0.25) is 0 Å². The van der Waals surface area contributed by atoms with Gasteiger partial charge in [-0.15, -0.1) is 0 Å². The Hall–Kier alpha value is -2.46. The molecule has 4 rings (SSSR count). The largest absolute Gasteiger partial charge is 0.471 e. The van der Waals surface area contributed by atoms with Crippen molar-refractivity contribution in [2.75, 3.05) is 11.6 Å². The van der Waals surface area contributed by atoms with E-state index in [2.05, 4.69) is 30.9 Å². The molecule has 140 valence electrons. The van der Waals surface area contributed by atoms with Crippen molar-refractivity contribution in [1.29, 1.82) is 0 Å². The van der Waals surface area contributed by atoms with Crippen molar-refractivity contribution in [3.63, 3.8) is 0 Å². The van der Waals surface area contributed by atoms with E-state index in [4.69, 9.17) is 20.8 Å². The summed E-state index contributed by atoms with van der Waals surface area (Å²) in [5, 5.41) is 1.46. The van der Waals surface area contributed by atoms with Gasteiger partial charge in [0.15, 0.2) is 6.73 Å². The minimum absolute atomic E-state index is 0.332. The Bertz CT molecular complexity index is 1060. The Labute approximate surface area is 163 Å². The molecule has 0 saturated heterocycles. The van der Waals surface area contributed by atoms with Crippen LogP contribution < -0.4 is 15.3 Å². The van der Waals surface area contributed by atoms with Crippen molar-refractivity contribution in [2.24, 2.45) is 0 Å². The summed E-state index contributed by atoms with van der Waals surface area (Å²) in [6, 6.07) is 11.7. The molecule has 1 aliphatic rings. The molecule has 1 aromatic heterocycles. The lowest BCUT2D eigenvalue weighted by Gasteiger charge is -2.32. The first kappa shape index (κ1) is 17.9. The first-order valence-electron chi connectivity index (χ1n) is 9.36. The van der Waals surface area contributed by atoms with Crippen LogP contribution in [0.5, 0.6) is 5.75 Å². The number of fused-ring (bicyclic) bond motifs is 3. The molecule has 2 heterocycles. The van der Waals surface area contributed by atoms with E-state index >= 15 is 0 Å². The maximum atomic E-state index is 12.1. The first-order valence-corrected chi connectivity index (χ1v) is 9.74. The van der Waals surface area contributed by atoms with Crippen molar-refractivity contribution < 1.29 is 9.15 Å². The number of para-hydroxylation sites is 1. The summed E-state index contributed by atoms with van der Waals surface area (Å²) in [4.78, 5) is 14.3. The number of ether oxygens (including phenoxy) is 1. The Morgan fingerprint density at radius 2 is 1.96 bits per heavy atom. The molecule has 3 aromatic rings. The summed E-state index contributed by atoms with van der Waals surface area (Å²) >= 11 is 6.52. The van der Waals surface area contributed by atoms with Gasteiger partial charge in [0, 0.05) is 17.1 Å². The Balaban J connectivity index is 1.88. The molecule has 27 heavy (non-hydrogen) atoms. The molecule has 0 atom stereocenters. The van der Waals surface area contributed by atoms with Gasteiger partial charge in [0.25, 0.3) is 0 Å². The van der Waals surface area contributed by atoms with Crippen LogP contribution in [0, 0.1) is 0 Å². The molecule has 0 fully saturated rings. The summed E-state index contributed by atoms with van der Waals surface area (Å²) in [7, 11) is 0. The second-order valence-electron chi connectivity index (χ2n) is 6.84. The number of hydrogen-bond donors (Lipinski definition) is 0. The minimum atomic E-state index is -0.332. The van der Waals surface area contributed by atoms with Crippen LogP contribution in [0.15, 0.2) is 45.6 Å². The van der Waals surface area contributed by atoms with E-state index in [-0.39, 0.29) is 5.63 Å². The van der Waals surface area contributed by atoms with Crippen LogP contribution >= 0.6 is 11.6 Å². The molecule has 2 aromatic carbocycles. The standard InChI is InChI=1S/C22H22ClNO3/c1-3-7-15-10-20(25)27-21-16(15)11-18(23)22-17(21)12-24(13-26-22)19-9-6-5-8-14(19)4-2/h5-6,8-11H,3-4,7,12-13H2,1-2H3. The van der Waals surface area contributed by atoms with Gasteiger partial charge in [0.1, 0.15) is 11.3 Å². The maximum absolute atomic E-state index is 12.1. The second-order valence-corrected chi connectivity index (χ2v) is 7.24. The van der Waals surface area contributed by atoms with E-state index < -0.39 is 0 Å². The Morgan fingerprint density at radius 3 is 2.74 bits per heavy atom. The lowest BCUT2D eigenvalue weighted by Crippen LogP contribution is -2.33. The highest BCUT2D eigenvalue weighted by Crippen LogP contribution is 2.40. The maximum Gasteiger partial charge on any atom is 0.336 e. The number of nitrogens with zero attached hydrogens (tertiary/aromatic N) is 1. The number of halogens is 1. The number of hydrogen-bond acceptors (Lipinski definition) is 4. The van der Waals surface area contributed by atoms with Gasteiger partial charge in [-0.05, 0) is 36.1 Å². The average Bonchev–Trinajstić information content (AvgIpc) is 2.69. The highest BCUT2D eigenvalue weighted by atomic mass is 35.5. The highest BCUT2D eigenvalue weighted by molar-refractivity contribution is 6.33. The van der Waals surface area contributed by atoms with Gasteiger partial charge >= 0.3 is 5.63 Å². The van der Waals surface area contributed by atoms with Crippen LogP contribution in [0.3, 0.4) is 0 Å². The zero-order valence-electron chi connectivity index (χ0n) is 15.5. The molecule has 0 radical (unpaired) electrons. The molecule has 0 amide bonds. The van der Waals surface area contributed by atoms with Crippen molar-refractivity contribution in [3.8, 4) is 5.75 Å². The third kappa shape index (κ3) is 3.19. The molecular formula is C22H22ClNO3. The van der Waals surface area contributed by atoms with Gasteiger partial charge in [-0.1, -0.05) is 50.1 Å². The van der Waals surface area contributed by atoms with Crippen LogP contribution in [0.2, 0.25) is 5.02 Å². The number of rotatable bonds is 4. The fraction of sp³-hybridized carbons (Fsp3) is 0.318. The predicted octanol–water partition coefficient (Wildman–Crippen LogP) is 5.32. The van der Waals surface area contributed by atoms with E-state index in [1.807, 2.05) is 18.2 Å². The highest BCUT2D eigenvalue weighted by Gasteiger charge is 2.26. The third-order valence-electron chi connectivity index (χ3n) is 5.07. The molecule has 0 spiro atoms.